The van der Waals surface area contributed by atoms with Crippen molar-refractivity contribution in [3.8, 4) is 0 Å². The molecule has 18 heavy (non-hydrogen) atoms. The molecular formula is C14H25NO3. The molecule has 104 valence electrons. The van der Waals surface area contributed by atoms with E-state index in [1.807, 2.05) is 18.7 Å². The lowest BCUT2D eigenvalue weighted by Crippen LogP contribution is -2.47. The van der Waals surface area contributed by atoms with E-state index in [4.69, 9.17) is 4.74 Å². The van der Waals surface area contributed by atoms with Crippen molar-refractivity contribution in [3.63, 3.8) is 0 Å². The molecule has 0 bridgehead atoms. The Morgan fingerprint density at radius 2 is 2.17 bits per heavy atom. The SMILES string of the molecule is CCCC1CCC(O)CC1N1CC(C)(C)OC1=O. The Hall–Kier alpha value is -0.770. The molecule has 1 saturated heterocycles. The van der Waals surface area contributed by atoms with Crippen LogP contribution in [0.4, 0.5) is 4.79 Å². The highest BCUT2D eigenvalue weighted by Crippen LogP contribution is 2.35. The Bertz CT molecular complexity index is 316. The van der Waals surface area contributed by atoms with Crippen LogP contribution < -0.4 is 0 Å². The number of aliphatic hydroxyl groups excluding tert-OH is 1. The van der Waals surface area contributed by atoms with Crippen molar-refractivity contribution in [1.82, 2.24) is 4.90 Å². The quantitative estimate of drug-likeness (QED) is 0.843. The van der Waals surface area contributed by atoms with Gasteiger partial charge in [0, 0.05) is 6.04 Å². The lowest BCUT2D eigenvalue weighted by Gasteiger charge is -2.38. The summed E-state index contributed by atoms with van der Waals surface area (Å²) in [7, 11) is 0. The van der Waals surface area contributed by atoms with Crippen LogP contribution in [0.3, 0.4) is 0 Å². The number of carbonyl (C=O) groups is 1. The normalized spacial score (nSPS) is 35.7. The molecule has 0 radical (unpaired) electrons. The second kappa shape index (κ2) is 5.08. The van der Waals surface area contributed by atoms with E-state index in [9.17, 15) is 9.90 Å². The summed E-state index contributed by atoms with van der Waals surface area (Å²) < 4.78 is 5.38. The van der Waals surface area contributed by atoms with E-state index >= 15 is 0 Å². The van der Waals surface area contributed by atoms with Gasteiger partial charge >= 0.3 is 6.09 Å². The zero-order chi connectivity index (χ0) is 13.3. The molecule has 4 nitrogen and oxygen atoms in total. The summed E-state index contributed by atoms with van der Waals surface area (Å²) in [5.74, 6) is 0.514. The number of carbonyl (C=O) groups excluding carboxylic acids is 1. The third-order valence-corrected chi connectivity index (χ3v) is 4.14. The number of rotatable bonds is 3. The molecule has 0 aromatic carbocycles. The molecule has 3 atom stereocenters. The predicted octanol–water partition coefficient (Wildman–Crippen LogP) is 2.55. The third kappa shape index (κ3) is 2.79. The van der Waals surface area contributed by atoms with Crippen molar-refractivity contribution in [2.45, 2.75) is 70.6 Å². The Morgan fingerprint density at radius 1 is 1.44 bits per heavy atom. The fraction of sp³-hybridized carbons (Fsp3) is 0.929. The summed E-state index contributed by atoms with van der Waals surface area (Å²) in [6.45, 7) is 6.70. The zero-order valence-corrected chi connectivity index (χ0v) is 11.7. The molecule has 0 spiro atoms. The van der Waals surface area contributed by atoms with Crippen molar-refractivity contribution in [1.29, 1.82) is 0 Å². The van der Waals surface area contributed by atoms with Gasteiger partial charge in [-0.25, -0.2) is 4.79 Å². The molecule has 0 aromatic heterocycles. The van der Waals surface area contributed by atoms with E-state index in [0.717, 1.165) is 25.7 Å². The van der Waals surface area contributed by atoms with Crippen LogP contribution in [0.1, 0.15) is 52.9 Å². The van der Waals surface area contributed by atoms with Gasteiger partial charge in [0.1, 0.15) is 5.60 Å². The average molecular weight is 255 g/mol. The van der Waals surface area contributed by atoms with Crippen LogP contribution in [0.5, 0.6) is 0 Å². The molecule has 4 heteroatoms. The number of hydrogen-bond acceptors (Lipinski definition) is 3. The maximum Gasteiger partial charge on any atom is 0.410 e. The first-order chi connectivity index (χ1) is 8.43. The predicted molar refractivity (Wildman–Crippen MR) is 69.3 cm³/mol. The van der Waals surface area contributed by atoms with Crippen LogP contribution in [0.25, 0.3) is 0 Å². The molecule has 3 unspecified atom stereocenters. The number of ether oxygens (including phenoxy) is 1. The number of cyclic esters (lactones) is 1. The van der Waals surface area contributed by atoms with Crippen LogP contribution in [0.2, 0.25) is 0 Å². The van der Waals surface area contributed by atoms with Gasteiger partial charge in [0.05, 0.1) is 12.6 Å². The van der Waals surface area contributed by atoms with E-state index in [2.05, 4.69) is 6.92 Å². The van der Waals surface area contributed by atoms with Gasteiger partial charge in [0.25, 0.3) is 0 Å². The highest BCUT2D eigenvalue weighted by Gasteiger charge is 2.44. The van der Waals surface area contributed by atoms with Gasteiger partial charge in [-0.15, -0.1) is 0 Å². The molecular weight excluding hydrogens is 230 g/mol. The molecule has 1 heterocycles. The van der Waals surface area contributed by atoms with Gasteiger partial charge in [-0.1, -0.05) is 13.3 Å². The first-order valence-corrected chi connectivity index (χ1v) is 7.10. The minimum absolute atomic E-state index is 0.156. The maximum absolute atomic E-state index is 12.0. The second-order valence-corrected chi connectivity index (χ2v) is 6.34. The number of hydrogen-bond donors (Lipinski definition) is 1. The van der Waals surface area contributed by atoms with Crippen LogP contribution in [0, 0.1) is 5.92 Å². The topological polar surface area (TPSA) is 49.8 Å². The first-order valence-electron chi connectivity index (χ1n) is 7.10. The van der Waals surface area contributed by atoms with E-state index in [1.165, 1.54) is 0 Å². The van der Waals surface area contributed by atoms with Crippen molar-refractivity contribution < 1.29 is 14.6 Å². The highest BCUT2D eigenvalue weighted by atomic mass is 16.6. The van der Waals surface area contributed by atoms with Gasteiger partial charge in [0.15, 0.2) is 0 Å². The van der Waals surface area contributed by atoms with Crippen molar-refractivity contribution in [2.75, 3.05) is 6.54 Å². The Kier molecular flexibility index (Phi) is 3.85. The fourth-order valence-electron chi connectivity index (χ4n) is 3.33. The summed E-state index contributed by atoms with van der Waals surface area (Å²) in [6.07, 6.45) is 4.37. The number of amides is 1. The summed E-state index contributed by atoms with van der Waals surface area (Å²) in [5, 5.41) is 9.86. The van der Waals surface area contributed by atoms with Gasteiger partial charge in [-0.3, -0.25) is 0 Å². The molecule has 2 fully saturated rings. The van der Waals surface area contributed by atoms with Gasteiger partial charge in [-0.2, -0.15) is 0 Å². The molecule has 2 aliphatic rings. The number of aliphatic hydroxyl groups is 1. The first kappa shape index (κ1) is 13.7. The Labute approximate surface area is 109 Å². The summed E-state index contributed by atoms with van der Waals surface area (Å²) in [6, 6.07) is 0.156. The molecule has 1 amide bonds. The zero-order valence-electron chi connectivity index (χ0n) is 11.7. The smallest absolute Gasteiger partial charge is 0.410 e. The van der Waals surface area contributed by atoms with Crippen LogP contribution >= 0.6 is 0 Å². The van der Waals surface area contributed by atoms with Crippen molar-refractivity contribution in [2.24, 2.45) is 5.92 Å². The minimum Gasteiger partial charge on any atom is -0.441 e. The summed E-state index contributed by atoms with van der Waals surface area (Å²) in [4.78, 5) is 13.8. The molecule has 1 saturated carbocycles. The Balaban J connectivity index is 2.10. The average Bonchev–Trinajstić information content (AvgIpc) is 2.55. The van der Waals surface area contributed by atoms with E-state index in [1.54, 1.807) is 0 Å². The molecule has 2 rings (SSSR count). The van der Waals surface area contributed by atoms with E-state index < -0.39 is 5.60 Å². The molecule has 0 aromatic rings. The van der Waals surface area contributed by atoms with Crippen molar-refractivity contribution >= 4 is 6.09 Å². The largest absolute Gasteiger partial charge is 0.441 e. The monoisotopic (exact) mass is 255 g/mol. The number of nitrogens with zero attached hydrogens (tertiary/aromatic N) is 1. The maximum atomic E-state index is 12.0. The third-order valence-electron chi connectivity index (χ3n) is 4.14. The molecule has 1 aliphatic carbocycles. The highest BCUT2D eigenvalue weighted by molar-refractivity contribution is 5.71. The van der Waals surface area contributed by atoms with E-state index in [0.29, 0.717) is 18.9 Å². The molecule has 1 N–H and O–H groups in total. The fourth-order valence-corrected chi connectivity index (χ4v) is 3.33. The van der Waals surface area contributed by atoms with Gasteiger partial charge in [0.2, 0.25) is 0 Å². The van der Waals surface area contributed by atoms with Gasteiger partial charge < -0.3 is 14.7 Å². The standard InChI is InChI=1S/C14H25NO3/c1-4-5-10-6-7-11(16)8-12(10)15-9-14(2,3)18-13(15)17/h10-12,16H,4-9H2,1-3H3. The lowest BCUT2D eigenvalue weighted by atomic mass is 9.79. The van der Waals surface area contributed by atoms with Gasteiger partial charge in [-0.05, 0) is 45.4 Å². The van der Waals surface area contributed by atoms with Crippen LogP contribution in [-0.2, 0) is 4.74 Å². The van der Waals surface area contributed by atoms with Crippen molar-refractivity contribution in [3.05, 3.63) is 0 Å². The summed E-state index contributed by atoms with van der Waals surface area (Å²) >= 11 is 0. The second-order valence-electron chi connectivity index (χ2n) is 6.34. The molecule has 1 aliphatic heterocycles. The lowest BCUT2D eigenvalue weighted by molar-refractivity contribution is 0.0424. The minimum atomic E-state index is -0.393. The van der Waals surface area contributed by atoms with Crippen LogP contribution in [-0.4, -0.2) is 40.4 Å². The Morgan fingerprint density at radius 3 is 2.72 bits per heavy atom. The van der Waals surface area contributed by atoms with E-state index in [-0.39, 0.29) is 18.2 Å². The summed E-state index contributed by atoms with van der Waals surface area (Å²) in [5.41, 5.74) is -0.393. The van der Waals surface area contributed by atoms with Crippen LogP contribution in [0.15, 0.2) is 0 Å².